The minimum atomic E-state index is -3.72. The van der Waals surface area contributed by atoms with Crippen LogP contribution in [0.2, 0.25) is 10.0 Å². The van der Waals surface area contributed by atoms with Crippen LogP contribution in [0.25, 0.3) is 0 Å². The van der Waals surface area contributed by atoms with E-state index in [1.165, 1.54) is 12.1 Å². The van der Waals surface area contributed by atoms with E-state index in [0.717, 1.165) is 17.4 Å². The number of nitro groups is 1. The molecule has 0 amide bonds. The molecule has 0 fully saturated rings. The van der Waals surface area contributed by atoms with Crippen LogP contribution in [0.4, 0.5) is 11.4 Å². The number of nitro benzene ring substituents is 1. The standard InChI is InChI=1S/C16H14Cl2N2O4S/c1-25(23,24)15-4-2-3-14(16(15)20(21)22)19-6-5-12-10(9-19)7-11(17)8-13(12)18/h2-4,7-8H,5-6,9H2,1H3. The lowest BCUT2D eigenvalue weighted by Crippen LogP contribution is -2.31. The van der Waals surface area contributed by atoms with Crippen LogP contribution < -0.4 is 4.90 Å². The second-order valence-corrected chi connectivity index (χ2v) is 8.68. The van der Waals surface area contributed by atoms with Gasteiger partial charge in [0.15, 0.2) is 9.84 Å². The molecule has 0 aliphatic carbocycles. The van der Waals surface area contributed by atoms with Gasteiger partial charge in [-0.25, -0.2) is 8.42 Å². The van der Waals surface area contributed by atoms with Gasteiger partial charge in [0.2, 0.25) is 0 Å². The molecule has 0 spiro atoms. The van der Waals surface area contributed by atoms with Crippen LogP contribution in [-0.2, 0) is 22.8 Å². The van der Waals surface area contributed by atoms with Crippen LogP contribution >= 0.6 is 23.2 Å². The summed E-state index contributed by atoms with van der Waals surface area (Å²) in [6.07, 6.45) is 1.55. The number of anilines is 1. The fraction of sp³-hybridized carbons (Fsp3) is 0.250. The van der Waals surface area contributed by atoms with Gasteiger partial charge in [-0.3, -0.25) is 10.1 Å². The molecule has 3 rings (SSSR count). The number of para-hydroxylation sites is 1. The molecular weight excluding hydrogens is 387 g/mol. The molecule has 2 aromatic rings. The molecule has 2 aromatic carbocycles. The number of hydrogen-bond donors (Lipinski definition) is 0. The maximum atomic E-state index is 11.9. The maximum Gasteiger partial charge on any atom is 0.311 e. The minimum absolute atomic E-state index is 0.273. The van der Waals surface area contributed by atoms with E-state index in [9.17, 15) is 18.5 Å². The van der Waals surface area contributed by atoms with E-state index in [4.69, 9.17) is 23.2 Å². The van der Waals surface area contributed by atoms with Crippen LogP contribution in [-0.4, -0.2) is 26.1 Å². The Hall–Kier alpha value is -1.83. The Balaban J connectivity index is 2.11. The fourth-order valence-electron chi connectivity index (χ4n) is 3.06. The average Bonchev–Trinajstić information content (AvgIpc) is 2.52. The van der Waals surface area contributed by atoms with E-state index in [0.29, 0.717) is 29.6 Å². The quantitative estimate of drug-likeness (QED) is 0.576. The molecule has 6 nitrogen and oxygen atoms in total. The SMILES string of the molecule is CS(=O)(=O)c1cccc(N2CCc3c(Cl)cc(Cl)cc3C2)c1[N+](=O)[O-]. The van der Waals surface area contributed by atoms with Crippen molar-refractivity contribution >= 4 is 44.4 Å². The van der Waals surface area contributed by atoms with Crippen LogP contribution in [0.3, 0.4) is 0 Å². The first kappa shape index (κ1) is 18.0. The van der Waals surface area contributed by atoms with Crippen molar-refractivity contribution in [2.45, 2.75) is 17.9 Å². The second kappa shape index (κ2) is 6.48. The summed E-state index contributed by atoms with van der Waals surface area (Å²) < 4.78 is 23.8. The molecule has 0 atom stereocenters. The summed E-state index contributed by atoms with van der Waals surface area (Å²) in [6.45, 7) is 0.853. The third-order valence-corrected chi connectivity index (χ3v) is 5.83. The van der Waals surface area contributed by atoms with Gasteiger partial charge in [0.25, 0.3) is 0 Å². The highest BCUT2D eigenvalue weighted by atomic mass is 35.5. The molecule has 1 aliphatic heterocycles. The van der Waals surface area contributed by atoms with Crippen molar-refractivity contribution in [2.24, 2.45) is 0 Å². The number of fused-ring (bicyclic) bond motifs is 1. The molecule has 25 heavy (non-hydrogen) atoms. The molecule has 0 unspecified atom stereocenters. The van der Waals surface area contributed by atoms with Crippen molar-refractivity contribution in [1.29, 1.82) is 0 Å². The van der Waals surface area contributed by atoms with Gasteiger partial charge < -0.3 is 4.90 Å². The summed E-state index contributed by atoms with van der Waals surface area (Å²) >= 11 is 12.3. The normalized spacial score (nSPS) is 14.3. The number of rotatable bonds is 3. The molecule has 0 saturated carbocycles. The minimum Gasteiger partial charge on any atom is -0.361 e. The molecule has 0 aromatic heterocycles. The van der Waals surface area contributed by atoms with Gasteiger partial charge in [-0.15, -0.1) is 0 Å². The van der Waals surface area contributed by atoms with Crippen molar-refractivity contribution in [1.82, 2.24) is 0 Å². The third kappa shape index (κ3) is 3.44. The highest BCUT2D eigenvalue weighted by molar-refractivity contribution is 7.90. The highest BCUT2D eigenvalue weighted by Gasteiger charge is 2.30. The molecule has 0 saturated heterocycles. The summed E-state index contributed by atoms with van der Waals surface area (Å²) in [6, 6.07) is 7.78. The average molecular weight is 401 g/mol. The summed E-state index contributed by atoms with van der Waals surface area (Å²) in [5, 5.41) is 12.6. The molecule has 9 heteroatoms. The van der Waals surface area contributed by atoms with Crippen LogP contribution in [0.1, 0.15) is 11.1 Å². The first-order valence-electron chi connectivity index (χ1n) is 7.37. The second-order valence-electron chi connectivity index (χ2n) is 5.85. The highest BCUT2D eigenvalue weighted by Crippen LogP contribution is 2.38. The van der Waals surface area contributed by atoms with Gasteiger partial charge in [0.05, 0.1) is 4.92 Å². The predicted molar refractivity (Wildman–Crippen MR) is 97.4 cm³/mol. The molecule has 0 radical (unpaired) electrons. The zero-order chi connectivity index (χ0) is 18.4. The van der Waals surface area contributed by atoms with Gasteiger partial charge in [0.1, 0.15) is 10.6 Å². The molecule has 1 heterocycles. The zero-order valence-electron chi connectivity index (χ0n) is 13.2. The Kier molecular flexibility index (Phi) is 4.66. The Bertz CT molecular complexity index is 976. The van der Waals surface area contributed by atoms with E-state index in [2.05, 4.69) is 0 Å². The molecule has 132 valence electrons. The first-order chi connectivity index (χ1) is 11.7. The molecule has 1 aliphatic rings. The number of hydrogen-bond acceptors (Lipinski definition) is 5. The summed E-state index contributed by atoms with van der Waals surface area (Å²) in [7, 11) is -3.72. The van der Waals surface area contributed by atoms with Crippen molar-refractivity contribution in [2.75, 3.05) is 17.7 Å². The van der Waals surface area contributed by atoms with Gasteiger partial charge in [-0.05, 0) is 41.8 Å². The van der Waals surface area contributed by atoms with Crippen molar-refractivity contribution < 1.29 is 13.3 Å². The largest absolute Gasteiger partial charge is 0.361 e. The smallest absolute Gasteiger partial charge is 0.311 e. The number of nitrogens with zero attached hydrogens (tertiary/aromatic N) is 2. The first-order valence-corrected chi connectivity index (χ1v) is 10.0. The molecule has 0 bridgehead atoms. The Labute approximate surface area is 155 Å². The number of benzene rings is 2. The summed E-state index contributed by atoms with van der Waals surface area (Å²) in [5.74, 6) is 0. The fourth-order valence-corrected chi connectivity index (χ4v) is 4.55. The lowest BCUT2D eigenvalue weighted by atomic mass is 9.99. The monoisotopic (exact) mass is 400 g/mol. The van der Waals surface area contributed by atoms with Gasteiger partial charge in [0, 0.05) is 29.4 Å². The van der Waals surface area contributed by atoms with E-state index in [-0.39, 0.29) is 10.6 Å². The third-order valence-electron chi connectivity index (χ3n) is 4.15. The van der Waals surface area contributed by atoms with E-state index in [1.54, 1.807) is 23.1 Å². The van der Waals surface area contributed by atoms with Crippen molar-refractivity contribution in [3.8, 4) is 0 Å². The summed E-state index contributed by atoms with van der Waals surface area (Å²) in [5.41, 5.74) is 1.71. The van der Waals surface area contributed by atoms with E-state index < -0.39 is 20.4 Å². The van der Waals surface area contributed by atoms with Crippen molar-refractivity contribution in [3.05, 3.63) is 61.6 Å². The Morgan fingerprint density at radius 2 is 1.96 bits per heavy atom. The van der Waals surface area contributed by atoms with E-state index >= 15 is 0 Å². The zero-order valence-corrected chi connectivity index (χ0v) is 15.5. The Morgan fingerprint density at radius 3 is 2.60 bits per heavy atom. The topological polar surface area (TPSA) is 80.5 Å². The van der Waals surface area contributed by atoms with Crippen LogP contribution in [0, 0.1) is 10.1 Å². The van der Waals surface area contributed by atoms with Gasteiger partial charge in [-0.1, -0.05) is 29.3 Å². The van der Waals surface area contributed by atoms with Crippen LogP contribution in [0.15, 0.2) is 35.2 Å². The predicted octanol–water partition coefficient (Wildman–Crippen LogP) is 3.87. The summed E-state index contributed by atoms with van der Waals surface area (Å²) in [4.78, 5) is 12.4. The van der Waals surface area contributed by atoms with Gasteiger partial charge in [-0.2, -0.15) is 0 Å². The molecule has 0 N–H and O–H groups in total. The molecular formula is C16H14Cl2N2O4S. The maximum absolute atomic E-state index is 11.9. The Morgan fingerprint density at radius 1 is 1.24 bits per heavy atom. The number of sulfone groups is 1. The van der Waals surface area contributed by atoms with Gasteiger partial charge >= 0.3 is 5.69 Å². The van der Waals surface area contributed by atoms with Crippen molar-refractivity contribution in [3.63, 3.8) is 0 Å². The lowest BCUT2D eigenvalue weighted by Gasteiger charge is -2.31. The van der Waals surface area contributed by atoms with Crippen LogP contribution in [0.5, 0.6) is 0 Å². The van der Waals surface area contributed by atoms with E-state index in [1.807, 2.05) is 0 Å². The lowest BCUT2D eigenvalue weighted by molar-refractivity contribution is -0.387. The number of halogens is 2.